The minimum atomic E-state index is 0.347. The van der Waals surface area contributed by atoms with E-state index in [0.29, 0.717) is 5.75 Å². The van der Waals surface area contributed by atoms with Crippen molar-refractivity contribution in [2.45, 2.75) is 6.54 Å². The quantitative estimate of drug-likeness (QED) is 0.748. The molecule has 4 nitrogen and oxygen atoms in total. The highest BCUT2D eigenvalue weighted by atomic mass is 16.5. The van der Waals surface area contributed by atoms with Gasteiger partial charge in [-0.1, -0.05) is 0 Å². The summed E-state index contributed by atoms with van der Waals surface area (Å²) in [6.07, 6.45) is 0. The SMILES string of the molecule is COc1ccc(O)c(C[NH+]2CCOCC2)c1. The van der Waals surface area contributed by atoms with Crippen LogP contribution in [0, 0.1) is 0 Å². The van der Waals surface area contributed by atoms with Gasteiger partial charge in [-0.3, -0.25) is 0 Å². The standard InChI is InChI=1S/C12H17NO3/c1-15-11-2-3-12(14)10(8-11)9-13-4-6-16-7-5-13/h2-3,8,14H,4-7,9H2,1H3/p+1. The maximum Gasteiger partial charge on any atom is 0.124 e. The summed E-state index contributed by atoms with van der Waals surface area (Å²) in [6, 6.07) is 5.36. The third-order valence-electron chi connectivity index (χ3n) is 2.93. The molecule has 16 heavy (non-hydrogen) atoms. The van der Waals surface area contributed by atoms with Gasteiger partial charge in [0.05, 0.1) is 25.9 Å². The molecule has 0 unspecified atom stereocenters. The van der Waals surface area contributed by atoms with Crippen molar-refractivity contribution in [3.05, 3.63) is 23.8 Å². The fraction of sp³-hybridized carbons (Fsp3) is 0.500. The molecule has 0 aromatic heterocycles. The van der Waals surface area contributed by atoms with Crippen LogP contribution < -0.4 is 9.64 Å². The molecule has 2 N–H and O–H groups in total. The molecule has 0 saturated carbocycles. The number of quaternary nitrogens is 1. The van der Waals surface area contributed by atoms with Gasteiger partial charge >= 0.3 is 0 Å². The number of phenolic OH excluding ortho intramolecular Hbond substituents is 1. The zero-order valence-electron chi connectivity index (χ0n) is 9.53. The van der Waals surface area contributed by atoms with Crippen molar-refractivity contribution in [3.8, 4) is 11.5 Å². The molecule has 0 aliphatic carbocycles. The van der Waals surface area contributed by atoms with Crippen LogP contribution in [0.3, 0.4) is 0 Å². The van der Waals surface area contributed by atoms with E-state index in [2.05, 4.69) is 0 Å². The van der Waals surface area contributed by atoms with Crippen LogP contribution in [0.1, 0.15) is 5.56 Å². The van der Waals surface area contributed by atoms with E-state index in [1.807, 2.05) is 6.07 Å². The minimum Gasteiger partial charge on any atom is -0.507 e. The summed E-state index contributed by atoms with van der Waals surface area (Å²) < 4.78 is 10.5. The molecule has 1 saturated heterocycles. The number of methoxy groups -OCH3 is 1. The van der Waals surface area contributed by atoms with Crippen molar-refractivity contribution in [1.82, 2.24) is 0 Å². The topological polar surface area (TPSA) is 43.1 Å². The van der Waals surface area contributed by atoms with Crippen molar-refractivity contribution in [3.63, 3.8) is 0 Å². The molecule has 1 aliphatic heterocycles. The highest BCUT2D eigenvalue weighted by Crippen LogP contribution is 2.21. The molecule has 0 amide bonds. The Balaban J connectivity index is 2.06. The zero-order chi connectivity index (χ0) is 11.4. The zero-order valence-corrected chi connectivity index (χ0v) is 9.53. The number of phenols is 1. The molecular weight excluding hydrogens is 206 g/mol. The van der Waals surface area contributed by atoms with Gasteiger partial charge in [0.25, 0.3) is 0 Å². The molecule has 0 bridgehead atoms. The Morgan fingerprint density at radius 2 is 2.12 bits per heavy atom. The van der Waals surface area contributed by atoms with E-state index >= 15 is 0 Å². The fourth-order valence-electron chi connectivity index (χ4n) is 1.94. The van der Waals surface area contributed by atoms with E-state index in [4.69, 9.17) is 9.47 Å². The molecule has 1 aromatic rings. The van der Waals surface area contributed by atoms with E-state index in [-0.39, 0.29) is 0 Å². The number of morpholine rings is 1. The normalized spacial score (nSPS) is 17.3. The first-order valence-corrected chi connectivity index (χ1v) is 5.57. The van der Waals surface area contributed by atoms with Gasteiger partial charge in [0, 0.05) is 0 Å². The monoisotopic (exact) mass is 224 g/mol. The van der Waals surface area contributed by atoms with Crippen LogP contribution in [0.5, 0.6) is 11.5 Å². The van der Waals surface area contributed by atoms with Crippen LogP contribution in [0.4, 0.5) is 0 Å². The molecule has 1 aromatic carbocycles. The van der Waals surface area contributed by atoms with E-state index in [1.165, 1.54) is 4.90 Å². The van der Waals surface area contributed by atoms with Crippen LogP contribution in [0.2, 0.25) is 0 Å². The molecule has 0 atom stereocenters. The van der Waals surface area contributed by atoms with E-state index < -0.39 is 0 Å². The number of hydrogen-bond acceptors (Lipinski definition) is 3. The summed E-state index contributed by atoms with van der Waals surface area (Å²) in [7, 11) is 1.64. The third kappa shape index (κ3) is 2.65. The number of benzene rings is 1. The summed E-state index contributed by atoms with van der Waals surface area (Å²) in [5, 5.41) is 9.76. The highest BCUT2D eigenvalue weighted by Gasteiger charge is 2.16. The molecule has 4 heteroatoms. The Labute approximate surface area is 95.4 Å². The summed E-state index contributed by atoms with van der Waals surface area (Å²) in [4.78, 5) is 1.44. The van der Waals surface area contributed by atoms with Crippen LogP contribution in [-0.2, 0) is 11.3 Å². The van der Waals surface area contributed by atoms with Crippen LogP contribution in [0.25, 0.3) is 0 Å². The molecule has 1 aliphatic rings. The largest absolute Gasteiger partial charge is 0.507 e. The average Bonchev–Trinajstić information content (AvgIpc) is 2.33. The summed E-state index contributed by atoms with van der Waals surface area (Å²) >= 11 is 0. The van der Waals surface area contributed by atoms with Gasteiger partial charge in [-0.15, -0.1) is 0 Å². The van der Waals surface area contributed by atoms with Crippen LogP contribution in [-0.4, -0.2) is 38.5 Å². The van der Waals surface area contributed by atoms with Crippen molar-refractivity contribution >= 4 is 0 Å². The van der Waals surface area contributed by atoms with Crippen molar-refractivity contribution in [2.75, 3.05) is 33.4 Å². The van der Waals surface area contributed by atoms with Gasteiger partial charge in [0.2, 0.25) is 0 Å². The Morgan fingerprint density at radius 3 is 2.81 bits per heavy atom. The van der Waals surface area contributed by atoms with Crippen molar-refractivity contribution < 1.29 is 19.5 Å². The van der Waals surface area contributed by atoms with E-state index in [0.717, 1.165) is 44.2 Å². The van der Waals surface area contributed by atoms with E-state index in [1.54, 1.807) is 19.2 Å². The Kier molecular flexibility index (Phi) is 3.64. The average molecular weight is 224 g/mol. The second kappa shape index (κ2) is 5.18. The van der Waals surface area contributed by atoms with Gasteiger partial charge in [-0.05, 0) is 18.2 Å². The lowest BCUT2D eigenvalue weighted by atomic mass is 10.1. The molecule has 88 valence electrons. The molecule has 0 spiro atoms. The lowest BCUT2D eigenvalue weighted by Gasteiger charge is -2.24. The van der Waals surface area contributed by atoms with Gasteiger partial charge in [0.15, 0.2) is 0 Å². The number of rotatable bonds is 3. The first kappa shape index (κ1) is 11.2. The predicted molar refractivity (Wildman–Crippen MR) is 59.9 cm³/mol. The van der Waals surface area contributed by atoms with Gasteiger partial charge in [-0.25, -0.2) is 0 Å². The Hall–Kier alpha value is -1.26. The summed E-state index contributed by atoms with van der Waals surface area (Å²) in [5.41, 5.74) is 0.941. The second-order valence-corrected chi connectivity index (χ2v) is 4.03. The summed E-state index contributed by atoms with van der Waals surface area (Å²) in [6.45, 7) is 4.43. The maximum atomic E-state index is 9.76. The second-order valence-electron chi connectivity index (χ2n) is 4.03. The number of hydrogen-bond donors (Lipinski definition) is 2. The lowest BCUT2D eigenvalue weighted by molar-refractivity contribution is -0.921. The highest BCUT2D eigenvalue weighted by molar-refractivity contribution is 5.38. The molecule has 1 fully saturated rings. The summed E-state index contributed by atoms with van der Waals surface area (Å²) in [5.74, 6) is 1.14. The fourth-order valence-corrected chi connectivity index (χ4v) is 1.94. The molecule has 2 rings (SSSR count). The molecule has 0 radical (unpaired) electrons. The maximum absolute atomic E-state index is 9.76. The first-order valence-electron chi connectivity index (χ1n) is 5.57. The minimum absolute atomic E-state index is 0.347. The van der Waals surface area contributed by atoms with Crippen LogP contribution in [0.15, 0.2) is 18.2 Å². The predicted octanol–water partition coefficient (Wildman–Crippen LogP) is -0.184. The van der Waals surface area contributed by atoms with Crippen molar-refractivity contribution in [1.29, 1.82) is 0 Å². The molecule has 1 heterocycles. The smallest absolute Gasteiger partial charge is 0.124 e. The van der Waals surface area contributed by atoms with Gasteiger partial charge in [-0.2, -0.15) is 0 Å². The third-order valence-corrected chi connectivity index (χ3v) is 2.93. The molecular formula is C12H18NO3+. The van der Waals surface area contributed by atoms with Crippen LogP contribution >= 0.6 is 0 Å². The Morgan fingerprint density at radius 1 is 1.38 bits per heavy atom. The number of aromatic hydroxyl groups is 1. The van der Waals surface area contributed by atoms with Gasteiger partial charge in [0.1, 0.15) is 31.1 Å². The van der Waals surface area contributed by atoms with Gasteiger partial charge < -0.3 is 19.5 Å². The number of ether oxygens (including phenoxy) is 2. The lowest BCUT2D eigenvalue weighted by Crippen LogP contribution is -3.12. The Bertz CT molecular complexity index is 348. The first-order chi connectivity index (χ1) is 7.79. The number of nitrogens with one attached hydrogen (secondary N) is 1. The van der Waals surface area contributed by atoms with E-state index in [9.17, 15) is 5.11 Å². The van der Waals surface area contributed by atoms with Crippen molar-refractivity contribution in [2.24, 2.45) is 0 Å².